The second-order valence-corrected chi connectivity index (χ2v) is 8.99. The third-order valence-corrected chi connectivity index (χ3v) is 5.32. The second kappa shape index (κ2) is 8.86. The van der Waals surface area contributed by atoms with Gasteiger partial charge in [-0.15, -0.1) is 12.4 Å². The molecular formula is C16H22ClN3O3S2. The summed E-state index contributed by atoms with van der Waals surface area (Å²) in [5.74, 6) is 0. The van der Waals surface area contributed by atoms with Crippen LogP contribution in [0, 0.1) is 0 Å². The van der Waals surface area contributed by atoms with E-state index in [0.29, 0.717) is 21.4 Å². The third kappa shape index (κ3) is 6.48. The van der Waals surface area contributed by atoms with E-state index in [1.54, 1.807) is 12.1 Å². The standard InChI is InChI=1S/C16H21N3O3S2.ClH/c1-18(2)13-7-5-12(6-8-13)17-15-10-9-14(19(3)4)11-16(15)23-24(20,21)22;/h5-11,13H,1-4H3,(H,20,21,22);1H. The van der Waals surface area contributed by atoms with Crippen LogP contribution in [-0.4, -0.2) is 57.8 Å². The van der Waals surface area contributed by atoms with Gasteiger partial charge in [-0.3, -0.25) is 9.45 Å². The van der Waals surface area contributed by atoms with Crippen molar-refractivity contribution in [2.24, 2.45) is 4.99 Å². The zero-order chi connectivity index (χ0) is 17.9. The molecule has 9 heteroatoms. The first kappa shape index (κ1) is 21.7. The highest BCUT2D eigenvalue weighted by atomic mass is 35.5. The van der Waals surface area contributed by atoms with Gasteiger partial charge in [-0.1, -0.05) is 12.2 Å². The minimum atomic E-state index is -4.22. The predicted molar refractivity (Wildman–Crippen MR) is 108 cm³/mol. The van der Waals surface area contributed by atoms with Gasteiger partial charge in [0.2, 0.25) is 0 Å². The molecule has 1 N–H and O–H groups in total. The molecule has 0 atom stereocenters. The number of hydrogen-bond donors (Lipinski definition) is 1. The molecule has 0 unspecified atom stereocenters. The van der Waals surface area contributed by atoms with Gasteiger partial charge in [0.15, 0.2) is 0 Å². The minimum absolute atomic E-state index is 0. The zero-order valence-electron chi connectivity index (χ0n) is 14.4. The lowest BCUT2D eigenvalue weighted by atomic mass is 10.1. The van der Waals surface area contributed by atoms with E-state index >= 15 is 0 Å². The molecule has 0 bridgehead atoms. The summed E-state index contributed by atoms with van der Waals surface area (Å²) in [6.45, 7) is 0. The van der Waals surface area contributed by atoms with Crippen molar-refractivity contribution in [2.45, 2.75) is 10.9 Å². The van der Waals surface area contributed by atoms with Crippen LogP contribution >= 0.6 is 23.2 Å². The van der Waals surface area contributed by atoms with Crippen molar-refractivity contribution in [1.29, 1.82) is 0 Å². The van der Waals surface area contributed by atoms with Crippen LogP contribution in [0.2, 0.25) is 0 Å². The lowest BCUT2D eigenvalue weighted by molar-refractivity contribution is 0.391. The highest BCUT2D eigenvalue weighted by Crippen LogP contribution is 2.36. The van der Waals surface area contributed by atoms with E-state index in [-0.39, 0.29) is 18.4 Å². The van der Waals surface area contributed by atoms with E-state index in [1.807, 2.05) is 63.5 Å². The lowest BCUT2D eigenvalue weighted by Crippen LogP contribution is -2.25. The molecule has 0 aliphatic heterocycles. The van der Waals surface area contributed by atoms with Crippen LogP contribution in [-0.2, 0) is 9.15 Å². The molecule has 0 fully saturated rings. The van der Waals surface area contributed by atoms with E-state index in [9.17, 15) is 8.42 Å². The summed E-state index contributed by atoms with van der Waals surface area (Å²) in [5.41, 5.74) is 2.05. The monoisotopic (exact) mass is 403 g/mol. The molecular weight excluding hydrogens is 382 g/mol. The summed E-state index contributed by atoms with van der Waals surface area (Å²) in [7, 11) is 3.87. The normalized spacial score (nSPS) is 16.7. The molecule has 0 saturated carbocycles. The Bertz CT molecular complexity index is 787. The number of rotatable bonds is 5. The number of aliphatic imine (C=N–C) groups is 1. The van der Waals surface area contributed by atoms with Crippen LogP contribution in [0.25, 0.3) is 0 Å². The number of benzene rings is 1. The van der Waals surface area contributed by atoms with Crippen LogP contribution < -0.4 is 4.90 Å². The summed E-state index contributed by atoms with van der Waals surface area (Å²) in [4.78, 5) is 8.81. The Kier molecular flexibility index (Phi) is 7.70. The predicted octanol–water partition coefficient (Wildman–Crippen LogP) is 3.20. The Morgan fingerprint density at radius 2 is 1.72 bits per heavy atom. The fourth-order valence-electron chi connectivity index (χ4n) is 2.13. The van der Waals surface area contributed by atoms with Crippen molar-refractivity contribution >= 4 is 49.4 Å². The van der Waals surface area contributed by atoms with Crippen molar-refractivity contribution in [1.82, 2.24) is 4.90 Å². The smallest absolute Gasteiger partial charge is 0.324 e. The van der Waals surface area contributed by atoms with Gasteiger partial charge >= 0.3 is 9.15 Å². The average Bonchev–Trinajstić information content (AvgIpc) is 2.48. The van der Waals surface area contributed by atoms with E-state index in [1.165, 1.54) is 0 Å². The summed E-state index contributed by atoms with van der Waals surface area (Å²) < 4.78 is 31.7. The first-order valence-electron chi connectivity index (χ1n) is 7.25. The van der Waals surface area contributed by atoms with Crippen LogP contribution in [0.5, 0.6) is 0 Å². The quantitative estimate of drug-likeness (QED) is 0.601. The Hall–Kier alpha value is -1.32. The summed E-state index contributed by atoms with van der Waals surface area (Å²) in [5, 5.41) is 0. The number of allylic oxidation sites excluding steroid dienone is 2. The number of anilines is 1. The van der Waals surface area contributed by atoms with Crippen LogP contribution in [0.1, 0.15) is 0 Å². The molecule has 1 aromatic rings. The summed E-state index contributed by atoms with van der Waals surface area (Å²) in [6.07, 6.45) is 7.82. The fourth-order valence-corrected chi connectivity index (χ4v) is 3.80. The molecule has 0 heterocycles. The Balaban J connectivity index is 0.00000312. The van der Waals surface area contributed by atoms with Crippen LogP contribution in [0.3, 0.4) is 0 Å². The lowest BCUT2D eigenvalue weighted by Gasteiger charge is -2.19. The first-order chi connectivity index (χ1) is 11.2. The first-order valence-corrected chi connectivity index (χ1v) is 10.0. The number of likely N-dealkylation sites (N-methyl/N-ethyl adjacent to an activating group) is 1. The van der Waals surface area contributed by atoms with Crippen molar-refractivity contribution in [2.75, 3.05) is 33.1 Å². The maximum atomic E-state index is 11.3. The van der Waals surface area contributed by atoms with Gasteiger partial charge < -0.3 is 4.90 Å². The van der Waals surface area contributed by atoms with Gasteiger partial charge in [0.25, 0.3) is 0 Å². The highest BCUT2D eigenvalue weighted by Gasteiger charge is 2.15. The third-order valence-electron chi connectivity index (χ3n) is 3.43. The zero-order valence-corrected chi connectivity index (χ0v) is 16.9. The van der Waals surface area contributed by atoms with Gasteiger partial charge in [-0.25, -0.2) is 4.99 Å². The molecule has 1 aromatic carbocycles. The molecule has 138 valence electrons. The van der Waals surface area contributed by atoms with Gasteiger partial charge in [0.1, 0.15) is 0 Å². The Morgan fingerprint density at radius 3 is 2.20 bits per heavy atom. The fraction of sp³-hybridized carbons (Fsp3) is 0.312. The number of hydrogen-bond acceptors (Lipinski definition) is 6. The van der Waals surface area contributed by atoms with Crippen molar-refractivity contribution in [3.8, 4) is 0 Å². The van der Waals surface area contributed by atoms with E-state index in [2.05, 4.69) is 9.89 Å². The maximum Gasteiger partial charge on any atom is 0.324 e. The van der Waals surface area contributed by atoms with E-state index in [4.69, 9.17) is 4.55 Å². The number of nitrogens with zero attached hydrogens (tertiary/aromatic N) is 3. The topological polar surface area (TPSA) is 73.2 Å². The van der Waals surface area contributed by atoms with Crippen molar-refractivity contribution < 1.29 is 13.0 Å². The van der Waals surface area contributed by atoms with Gasteiger partial charge in [0, 0.05) is 36.6 Å². The Morgan fingerprint density at radius 1 is 1.12 bits per heavy atom. The van der Waals surface area contributed by atoms with Crippen LogP contribution in [0.4, 0.5) is 11.4 Å². The molecule has 6 nitrogen and oxygen atoms in total. The van der Waals surface area contributed by atoms with Crippen molar-refractivity contribution in [3.05, 3.63) is 42.5 Å². The van der Waals surface area contributed by atoms with E-state index in [0.717, 1.165) is 11.4 Å². The molecule has 2 rings (SSSR count). The molecule has 25 heavy (non-hydrogen) atoms. The van der Waals surface area contributed by atoms with Gasteiger partial charge in [-0.05, 0) is 44.4 Å². The average molecular weight is 404 g/mol. The van der Waals surface area contributed by atoms with E-state index < -0.39 is 9.15 Å². The van der Waals surface area contributed by atoms with Crippen LogP contribution in [0.15, 0.2) is 52.4 Å². The SMILES string of the molecule is CN(C)c1ccc(N=C2C=CC(N(C)C)C=C2)c(SS(=O)(=O)O)c1.Cl. The van der Waals surface area contributed by atoms with Gasteiger partial charge in [-0.2, -0.15) is 8.42 Å². The molecule has 0 radical (unpaired) electrons. The minimum Gasteiger partial charge on any atom is -0.378 e. The maximum absolute atomic E-state index is 11.3. The Labute approximate surface area is 158 Å². The molecule has 0 amide bonds. The highest BCUT2D eigenvalue weighted by molar-refractivity contribution is 8.70. The largest absolute Gasteiger partial charge is 0.378 e. The summed E-state index contributed by atoms with van der Waals surface area (Å²) >= 11 is 0. The van der Waals surface area contributed by atoms with Crippen molar-refractivity contribution in [3.63, 3.8) is 0 Å². The number of halogens is 1. The summed E-state index contributed by atoms with van der Waals surface area (Å²) in [6, 6.07) is 5.50. The molecule has 0 saturated heterocycles. The molecule has 0 spiro atoms. The van der Waals surface area contributed by atoms with Gasteiger partial charge in [0.05, 0.1) is 16.3 Å². The molecule has 1 aliphatic carbocycles. The second-order valence-electron chi connectivity index (χ2n) is 5.77. The molecule has 1 aliphatic rings. The molecule has 0 aromatic heterocycles.